The summed E-state index contributed by atoms with van der Waals surface area (Å²) in [6.45, 7) is 1.56. The van der Waals surface area contributed by atoms with Crippen molar-refractivity contribution in [2.75, 3.05) is 17.2 Å². The number of hydrogen-bond acceptors (Lipinski definition) is 8. The maximum Gasteiger partial charge on any atom is 0.423 e. The van der Waals surface area contributed by atoms with Gasteiger partial charge < -0.3 is 15.4 Å². The topological polar surface area (TPSA) is 144 Å². The molecule has 0 bridgehead atoms. The Morgan fingerprint density at radius 1 is 1.14 bits per heavy atom. The Bertz CT molecular complexity index is 1290. The lowest BCUT2D eigenvalue weighted by atomic mass is 10.2. The van der Waals surface area contributed by atoms with Gasteiger partial charge in [-0.2, -0.15) is 41.8 Å². The van der Waals surface area contributed by atoms with Gasteiger partial charge in [0.05, 0.1) is 54.2 Å². The van der Waals surface area contributed by atoms with Gasteiger partial charge in [-0.15, -0.1) is 0 Å². The molecule has 3 rings (SSSR count). The molecule has 3 aromatic rings. The maximum atomic E-state index is 13.1. The summed E-state index contributed by atoms with van der Waals surface area (Å²) in [4.78, 5) is 15.2. The molecule has 0 radical (unpaired) electrons. The Balaban J connectivity index is 1.52. The number of nitriles is 1. The second-order valence-electron chi connectivity index (χ2n) is 7.51. The molecule has 0 aliphatic carbocycles. The second kappa shape index (κ2) is 10.6. The molecule has 1 atom stereocenters. The van der Waals surface area contributed by atoms with E-state index in [0.717, 1.165) is 6.20 Å². The Morgan fingerprint density at radius 3 is 2.56 bits per heavy atom. The average Bonchev–Trinajstić information content (AvgIpc) is 3.23. The van der Waals surface area contributed by atoms with Gasteiger partial charge in [0, 0.05) is 12.2 Å². The first-order valence-electron chi connectivity index (χ1n) is 10.1. The number of ether oxygens (including phenoxy) is 1. The molecule has 3 aromatic heterocycles. The number of rotatable bonds is 9. The highest BCUT2D eigenvalue weighted by Gasteiger charge is 2.37. The third kappa shape index (κ3) is 6.72. The number of pyridine rings is 1. The molecule has 0 aliphatic rings. The highest BCUT2D eigenvalue weighted by atomic mass is 19.4. The van der Waals surface area contributed by atoms with Gasteiger partial charge >= 0.3 is 12.4 Å². The second-order valence-corrected chi connectivity index (χ2v) is 7.51. The number of nitrogens with zero attached hydrogens (tertiary/aromatic N) is 4. The minimum Gasteiger partial charge on any atom is -0.378 e. The van der Waals surface area contributed by atoms with Crippen LogP contribution in [0.1, 0.15) is 35.0 Å². The molecule has 0 saturated carbocycles. The van der Waals surface area contributed by atoms with Crippen molar-refractivity contribution in [1.82, 2.24) is 25.4 Å². The minimum atomic E-state index is -4.87. The predicted octanol–water partition coefficient (Wildman–Crippen LogP) is 3.43. The smallest absolute Gasteiger partial charge is 0.378 e. The van der Waals surface area contributed by atoms with E-state index in [-0.39, 0.29) is 31.1 Å². The third-order valence-electron chi connectivity index (χ3n) is 4.63. The highest BCUT2D eigenvalue weighted by Crippen LogP contribution is 2.32. The van der Waals surface area contributed by atoms with Crippen molar-refractivity contribution in [1.29, 1.82) is 5.26 Å². The number of aromatic nitrogens is 5. The van der Waals surface area contributed by atoms with Crippen LogP contribution < -0.4 is 16.2 Å². The van der Waals surface area contributed by atoms with Crippen LogP contribution in [0.5, 0.6) is 0 Å². The van der Waals surface area contributed by atoms with Gasteiger partial charge in [0.15, 0.2) is 0 Å². The fraction of sp³-hybridized carbons (Fsp3) is 0.350. The quantitative estimate of drug-likeness (QED) is 0.317. The van der Waals surface area contributed by atoms with Crippen molar-refractivity contribution in [2.24, 2.45) is 0 Å². The van der Waals surface area contributed by atoms with E-state index < -0.39 is 40.8 Å². The SMILES string of the molecule is C[C@@H](COCc1cc(CNc2ncc(C(F)(F)F)cc2C#N)[nH]n1)Nc1cn[nH]c(=O)c1C(F)(F)F. The van der Waals surface area contributed by atoms with Crippen LogP contribution in [0, 0.1) is 11.3 Å². The van der Waals surface area contributed by atoms with Gasteiger partial charge in [-0.3, -0.25) is 9.89 Å². The van der Waals surface area contributed by atoms with E-state index in [2.05, 4.69) is 30.9 Å². The molecule has 10 nitrogen and oxygen atoms in total. The zero-order chi connectivity index (χ0) is 26.5. The Labute approximate surface area is 198 Å². The number of anilines is 2. The first-order valence-corrected chi connectivity index (χ1v) is 10.1. The van der Waals surface area contributed by atoms with Gasteiger partial charge in [-0.05, 0) is 19.1 Å². The first kappa shape index (κ1) is 26.5. The summed E-state index contributed by atoms with van der Waals surface area (Å²) in [7, 11) is 0. The predicted molar refractivity (Wildman–Crippen MR) is 112 cm³/mol. The third-order valence-corrected chi connectivity index (χ3v) is 4.63. The fourth-order valence-corrected chi connectivity index (χ4v) is 3.04. The number of nitrogens with one attached hydrogen (secondary N) is 4. The molecule has 0 unspecified atom stereocenters. The van der Waals surface area contributed by atoms with Crippen LogP contribution in [-0.2, 0) is 30.2 Å². The molecule has 0 aliphatic heterocycles. The van der Waals surface area contributed by atoms with Crippen LogP contribution in [0.4, 0.5) is 37.8 Å². The van der Waals surface area contributed by atoms with Crippen molar-refractivity contribution in [3.63, 3.8) is 0 Å². The zero-order valence-corrected chi connectivity index (χ0v) is 18.4. The zero-order valence-electron chi connectivity index (χ0n) is 18.4. The molecule has 192 valence electrons. The van der Waals surface area contributed by atoms with Crippen molar-refractivity contribution in [3.05, 3.63) is 63.0 Å². The molecule has 16 heteroatoms. The molecule has 0 aromatic carbocycles. The number of hydrogen-bond donors (Lipinski definition) is 4. The van der Waals surface area contributed by atoms with E-state index in [9.17, 15) is 31.1 Å². The van der Waals surface area contributed by atoms with Gasteiger partial charge in [0.1, 0.15) is 17.5 Å². The lowest BCUT2D eigenvalue weighted by molar-refractivity contribution is -0.138. The lowest BCUT2D eigenvalue weighted by Crippen LogP contribution is -2.29. The van der Waals surface area contributed by atoms with E-state index in [1.54, 1.807) is 24.2 Å². The molecular formula is C20H18F6N8O2. The maximum absolute atomic E-state index is 13.1. The fourth-order valence-electron chi connectivity index (χ4n) is 3.04. The van der Waals surface area contributed by atoms with Gasteiger partial charge in [-0.25, -0.2) is 10.1 Å². The summed E-state index contributed by atoms with van der Waals surface area (Å²) in [5, 5.41) is 26.2. The summed E-state index contributed by atoms with van der Waals surface area (Å²) in [5.74, 6) is -0.0368. The minimum absolute atomic E-state index is 0.00968. The first-order chi connectivity index (χ1) is 16.9. The van der Waals surface area contributed by atoms with Gasteiger partial charge in [0.2, 0.25) is 0 Å². The summed E-state index contributed by atoms with van der Waals surface area (Å²) in [6, 6.07) is 3.31. The standard InChI is InChI=1S/C20H18F6N8O2/c1-10(31-15-7-30-34-18(35)16(15)20(24,25)26)8-36-9-14-3-13(32-33-14)6-29-17-11(4-27)2-12(5-28-17)19(21,22)23/h2-3,5,7,10H,6,8-9H2,1H3,(H,28,29)(H,32,33)(H2,31,34,35)/t10-/m0/s1. The molecule has 0 saturated heterocycles. The monoisotopic (exact) mass is 516 g/mol. The van der Waals surface area contributed by atoms with Crippen LogP contribution in [0.25, 0.3) is 0 Å². The van der Waals surface area contributed by atoms with E-state index in [1.165, 1.54) is 0 Å². The van der Waals surface area contributed by atoms with Crippen molar-refractivity contribution < 1.29 is 31.1 Å². The average molecular weight is 516 g/mol. The summed E-state index contributed by atoms with van der Waals surface area (Å²) in [5.41, 5.74) is -3.62. The summed E-state index contributed by atoms with van der Waals surface area (Å²) < 4.78 is 83.1. The number of aromatic amines is 2. The Morgan fingerprint density at radius 2 is 1.89 bits per heavy atom. The largest absolute Gasteiger partial charge is 0.423 e. The number of alkyl halides is 6. The molecule has 0 fully saturated rings. The number of halogens is 6. The Hall–Kier alpha value is -4.13. The molecular weight excluding hydrogens is 498 g/mol. The lowest BCUT2D eigenvalue weighted by Gasteiger charge is -2.18. The van der Waals surface area contributed by atoms with Crippen molar-refractivity contribution >= 4 is 11.5 Å². The molecule has 3 heterocycles. The van der Waals surface area contributed by atoms with Crippen LogP contribution >= 0.6 is 0 Å². The highest BCUT2D eigenvalue weighted by molar-refractivity contribution is 5.53. The van der Waals surface area contributed by atoms with Crippen LogP contribution in [-0.4, -0.2) is 38.0 Å². The Kier molecular flexibility index (Phi) is 7.83. The van der Waals surface area contributed by atoms with Crippen LogP contribution in [0.3, 0.4) is 0 Å². The number of H-pyrrole nitrogens is 2. The molecule has 36 heavy (non-hydrogen) atoms. The van der Waals surface area contributed by atoms with E-state index >= 15 is 0 Å². The van der Waals surface area contributed by atoms with E-state index in [0.29, 0.717) is 23.7 Å². The molecule has 0 amide bonds. The summed E-state index contributed by atoms with van der Waals surface area (Å²) >= 11 is 0. The van der Waals surface area contributed by atoms with Crippen LogP contribution in [0.2, 0.25) is 0 Å². The molecule has 4 N–H and O–H groups in total. The summed E-state index contributed by atoms with van der Waals surface area (Å²) in [6.07, 6.45) is -8.03. The van der Waals surface area contributed by atoms with E-state index in [1.807, 2.05) is 0 Å². The van der Waals surface area contributed by atoms with Crippen molar-refractivity contribution in [3.8, 4) is 6.07 Å². The molecule has 0 spiro atoms. The normalized spacial score (nSPS) is 12.7. The van der Waals surface area contributed by atoms with E-state index in [4.69, 9.17) is 10.00 Å². The van der Waals surface area contributed by atoms with Crippen molar-refractivity contribution in [2.45, 2.75) is 38.5 Å². The van der Waals surface area contributed by atoms with Gasteiger partial charge in [0.25, 0.3) is 5.56 Å². The van der Waals surface area contributed by atoms with Crippen LogP contribution in [0.15, 0.2) is 29.3 Å². The van der Waals surface area contributed by atoms with Gasteiger partial charge in [-0.1, -0.05) is 0 Å².